The molecule has 0 saturated heterocycles. The van der Waals surface area contributed by atoms with E-state index < -0.39 is 0 Å². The molecule has 0 aliphatic carbocycles. The van der Waals surface area contributed by atoms with Crippen molar-refractivity contribution in [2.24, 2.45) is 0 Å². The maximum atomic E-state index is 6.00. The van der Waals surface area contributed by atoms with Gasteiger partial charge in [0.15, 0.2) is 11.2 Å². The highest BCUT2D eigenvalue weighted by Gasteiger charge is 2.11. The smallest absolute Gasteiger partial charge is 0.255 e. The Kier molecular flexibility index (Phi) is 4.54. The highest BCUT2D eigenvalue weighted by Crippen LogP contribution is 2.16. The molecule has 0 aliphatic heterocycles. The van der Waals surface area contributed by atoms with Crippen LogP contribution in [-0.4, -0.2) is 26.6 Å². The number of rotatable bonds is 3. The molecule has 104 valence electrons. The molecule has 0 bridgehead atoms. The number of nitrogens with two attached hydrogens (primary N) is 1. The van der Waals surface area contributed by atoms with E-state index >= 15 is 0 Å². The highest BCUT2D eigenvalue weighted by atomic mass is 35.5. The zero-order chi connectivity index (χ0) is 13.2. The Bertz CT molecular complexity index is 726. The van der Waals surface area contributed by atoms with E-state index in [1.165, 1.54) is 0 Å². The van der Waals surface area contributed by atoms with Crippen LogP contribution in [0, 0.1) is 0 Å². The first-order valence-corrected chi connectivity index (χ1v) is 6.35. The molecule has 2 N–H and O–H groups in total. The minimum atomic E-state index is 0. The van der Waals surface area contributed by atoms with Crippen LogP contribution in [0.5, 0.6) is 0 Å². The zero-order valence-electron chi connectivity index (χ0n) is 10.8. The topological polar surface area (TPSA) is 60.2 Å². The van der Waals surface area contributed by atoms with Crippen LogP contribution in [0.25, 0.3) is 11.2 Å². The Hall–Kier alpha value is -1.69. The Morgan fingerprint density at radius 3 is 2.85 bits per heavy atom. The lowest BCUT2D eigenvalue weighted by Gasteiger charge is -2.04. The molecule has 0 aliphatic rings. The van der Waals surface area contributed by atoms with Crippen LogP contribution >= 0.6 is 11.6 Å². The summed E-state index contributed by atoms with van der Waals surface area (Å²) in [7, 11) is 1.94. The number of hydrogen-bond acceptors (Lipinski definition) is 3. The largest absolute Gasteiger partial charge is 1.00 e. The molecule has 0 atom stereocenters. The number of aromatic nitrogens is 4. The summed E-state index contributed by atoms with van der Waals surface area (Å²) in [5.41, 5.74) is 2.78. The van der Waals surface area contributed by atoms with Gasteiger partial charge in [-0.3, -0.25) is 5.32 Å². The highest BCUT2D eigenvalue weighted by molar-refractivity contribution is 6.30. The van der Waals surface area contributed by atoms with Crippen LogP contribution in [0.2, 0.25) is 5.02 Å². The van der Waals surface area contributed by atoms with Crippen molar-refractivity contribution >= 4 is 28.6 Å². The van der Waals surface area contributed by atoms with E-state index in [0.29, 0.717) is 6.54 Å². The Labute approximate surface area is 127 Å². The predicted octanol–water partition coefficient (Wildman–Crippen LogP) is -1.64. The van der Waals surface area contributed by atoms with Gasteiger partial charge >= 0.3 is 0 Å². The minimum Gasteiger partial charge on any atom is -1.00 e. The van der Waals surface area contributed by atoms with Gasteiger partial charge in [0.1, 0.15) is 6.33 Å². The molecule has 2 aromatic heterocycles. The summed E-state index contributed by atoms with van der Waals surface area (Å²) in [6.07, 6.45) is 3.35. The van der Waals surface area contributed by atoms with Crippen molar-refractivity contribution in [1.29, 1.82) is 0 Å². The molecule has 3 rings (SSSR count). The standard InChI is InChI=1S/C13H12ClN5.ClH/c1-15-12-11-13(17-7-16-12)19(8-18-11)6-9-3-2-4-10(14)5-9;/h2-5,7-8H,6H2,1H3,(H,15,16,17);1H. The van der Waals surface area contributed by atoms with E-state index in [9.17, 15) is 0 Å². The van der Waals surface area contributed by atoms with Gasteiger partial charge in [-0.25, -0.2) is 9.97 Å². The Morgan fingerprint density at radius 1 is 1.25 bits per heavy atom. The van der Waals surface area contributed by atoms with Gasteiger partial charge in [0.05, 0.1) is 19.9 Å². The second-order valence-corrected chi connectivity index (χ2v) is 4.66. The molecule has 3 aromatic rings. The second-order valence-electron chi connectivity index (χ2n) is 4.22. The molecule has 0 unspecified atom stereocenters. The SMILES string of the molecule is C[NH2+]c1ncnc2c1ncn2Cc1cccc(Cl)c1.[Cl-]. The van der Waals surface area contributed by atoms with Gasteiger partial charge in [0, 0.05) is 5.02 Å². The average Bonchev–Trinajstić information content (AvgIpc) is 2.82. The third-order valence-corrected chi connectivity index (χ3v) is 3.18. The van der Waals surface area contributed by atoms with Gasteiger partial charge in [-0.15, -0.1) is 0 Å². The quantitative estimate of drug-likeness (QED) is 0.631. The van der Waals surface area contributed by atoms with Crippen molar-refractivity contribution in [1.82, 2.24) is 19.5 Å². The van der Waals surface area contributed by atoms with Gasteiger partial charge in [0.25, 0.3) is 5.82 Å². The summed E-state index contributed by atoms with van der Waals surface area (Å²) >= 11 is 6.00. The number of nitrogens with zero attached hydrogens (tertiary/aromatic N) is 4. The monoisotopic (exact) mass is 309 g/mol. The summed E-state index contributed by atoms with van der Waals surface area (Å²) in [5.74, 6) is 0.856. The number of fused-ring (bicyclic) bond motifs is 1. The molecule has 1 aromatic carbocycles. The number of benzene rings is 1. The summed E-state index contributed by atoms with van der Waals surface area (Å²) < 4.78 is 2.00. The zero-order valence-corrected chi connectivity index (χ0v) is 12.3. The summed E-state index contributed by atoms with van der Waals surface area (Å²) in [4.78, 5) is 12.9. The molecular formula is C13H13Cl2N5. The number of imidazole rings is 1. The molecule has 0 radical (unpaired) electrons. The third kappa shape index (κ3) is 2.75. The normalized spacial score (nSPS) is 10.5. The lowest BCUT2D eigenvalue weighted by molar-refractivity contribution is -0.541. The van der Waals surface area contributed by atoms with Crippen LogP contribution in [-0.2, 0) is 6.54 Å². The maximum absolute atomic E-state index is 6.00. The van der Waals surface area contributed by atoms with Gasteiger partial charge in [-0.2, -0.15) is 4.98 Å². The lowest BCUT2D eigenvalue weighted by Crippen LogP contribution is -3.00. The fourth-order valence-corrected chi connectivity index (χ4v) is 2.27. The molecule has 2 heterocycles. The first-order valence-electron chi connectivity index (χ1n) is 5.97. The number of halogens is 2. The lowest BCUT2D eigenvalue weighted by atomic mass is 10.2. The first kappa shape index (κ1) is 14.7. The van der Waals surface area contributed by atoms with Crippen molar-refractivity contribution in [3.8, 4) is 0 Å². The van der Waals surface area contributed by atoms with Crippen LogP contribution in [0.15, 0.2) is 36.9 Å². The summed E-state index contributed by atoms with van der Waals surface area (Å²) in [6, 6.07) is 7.79. The Balaban J connectivity index is 0.00000147. The number of hydrogen-bond donors (Lipinski definition) is 1. The Morgan fingerprint density at radius 2 is 2.10 bits per heavy atom. The number of quaternary nitrogens is 1. The molecule has 0 saturated carbocycles. The van der Waals surface area contributed by atoms with Gasteiger partial charge in [0.2, 0.25) is 0 Å². The first-order chi connectivity index (χ1) is 9.28. The van der Waals surface area contributed by atoms with Crippen molar-refractivity contribution in [3.05, 3.63) is 47.5 Å². The summed E-state index contributed by atoms with van der Waals surface area (Å²) in [6.45, 7) is 0.692. The average molecular weight is 310 g/mol. The minimum absolute atomic E-state index is 0. The van der Waals surface area contributed by atoms with E-state index in [0.717, 1.165) is 27.6 Å². The van der Waals surface area contributed by atoms with E-state index in [2.05, 4.69) is 15.0 Å². The van der Waals surface area contributed by atoms with Crippen molar-refractivity contribution in [2.45, 2.75) is 6.54 Å². The fraction of sp³-hybridized carbons (Fsp3) is 0.154. The van der Waals surface area contributed by atoms with E-state index in [-0.39, 0.29) is 12.4 Å². The predicted molar refractivity (Wildman–Crippen MR) is 73.4 cm³/mol. The van der Waals surface area contributed by atoms with E-state index in [4.69, 9.17) is 11.6 Å². The fourth-order valence-electron chi connectivity index (χ4n) is 2.06. The van der Waals surface area contributed by atoms with Gasteiger partial charge in [-0.1, -0.05) is 23.7 Å². The molecule has 0 amide bonds. The van der Waals surface area contributed by atoms with Crippen molar-refractivity contribution in [3.63, 3.8) is 0 Å². The van der Waals surface area contributed by atoms with E-state index in [1.54, 1.807) is 12.7 Å². The summed E-state index contributed by atoms with van der Waals surface area (Å²) in [5, 5.41) is 2.67. The second kappa shape index (κ2) is 6.17. The van der Waals surface area contributed by atoms with Crippen LogP contribution in [0.1, 0.15) is 5.56 Å². The molecule has 5 nitrogen and oxygen atoms in total. The van der Waals surface area contributed by atoms with Gasteiger partial charge in [-0.05, 0) is 17.7 Å². The molecule has 0 spiro atoms. The third-order valence-electron chi connectivity index (χ3n) is 2.94. The molecule has 20 heavy (non-hydrogen) atoms. The van der Waals surface area contributed by atoms with Crippen molar-refractivity contribution < 1.29 is 17.7 Å². The van der Waals surface area contributed by atoms with Crippen molar-refractivity contribution in [2.75, 3.05) is 7.05 Å². The van der Waals surface area contributed by atoms with Crippen LogP contribution in [0.3, 0.4) is 0 Å². The van der Waals surface area contributed by atoms with Gasteiger partial charge < -0.3 is 17.0 Å². The molecule has 7 heteroatoms. The van der Waals surface area contributed by atoms with Crippen LogP contribution < -0.4 is 17.7 Å². The van der Waals surface area contributed by atoms with E-state index in [1.807, 2.05) is 41.2 Å². The molecular weight excluding hydrogens is 297 g/mol. The molecule has 0 fully saturated rings. The van der Waals surface area contributed by atoms with Crippen LogP contribution in [0.4, 0.5) is 5.82 Å². The maximum Gasteiger partial charge on any atom is 0.255 e.